The summed E-state index contributed by atoms with van der Waals surface area (Å²) >= 11 is 0. The second-order valence-electron chi connectivity index (χ2n) is 11.8. The number of aromatic hydroxyl groups is 1. The second kappa shape index (κ2) is 10.9. The van der Waals surface area contributed by atoms with E-state index in [1.165, 1.54) is 17.6 Å². The topological polar surface area (TPSA) is 76.1 Å². The molecule has 1 saturated carbocycles. The second-order valence-corrected chi connectivity index (χ2v) is 11.8. The fourth-order valence-electron chi connectivity index (χ4n) is 7.63. The van der Waals surface area contributed by atoms with Gasteiger partial charge in [0.05, 0.1) is 31.2 Å². The van der Waals surface area contributed by atoms with Crippen LogP contribution < -0.4 is 0 Å². The van der Waals surface area contributed by atoms with Gasteiger partial charge in [-0.25, -0.2) is 0 Å². The van der Waals surface area contributed by atoms with Crippen molar-refractivity contribution in [2.24, 2.45) is 17.8 Å². The molecule has 4 atom stereocenters. The normalized spacial score (nSPS) is 27.9. The average molecular weight is 530 g/mol. The number of phenols is 1. The van der Waals surface area contributed by atoms with Gasteiger partial charge in [-0.15, -0.1) is 0 Å². The van der Waals surface area contributed by atoms with Crippen molar-refractivity contribution in [1.82, 2.24) is 4.90 Å². The molecule has 3 fully saturated rings. The number of amides is 2. The molecule has 0 bridgehead atoms. The third kappa shape index (κ3) is 4.72. The highest BCUT2D eigenvalue weighted by Gasteiger charge is 2.58. The Bertz CT molecular complexity index is 1340. The fraction of sp³-hybridized carbons (Fsp3) is 0.515. The van der Waals surface area contributed by atoms with E-state index < -0.39 is 0 Å². The molecule has 2 heterocycles. The molecule has 2 aromatic rings. The highest BCUT2D eigenvalue weighted by Crippen LogP contribution is 2.50. The minimum absolute atomic E-state index is 0.0331. The highest BCUT2D eigenvalue weighted by atomic mass is 16.5. The smallest absolute Gasteiger partial charge is 0.234 e. The maximum absolute atomic E-state index is 13.7. The number of carbonyl (C=O) groups excluding carboxylic acids is 2. The number of phenolic OH excluding ortho intramolecular Hbond substituents is 1. The van der Waals surface area contributed by atoms with Gasteiger partial charge in [0, 0.05) is 24.5 Å². The van der Waals surface area contributed by atoms with Crippen molar-refractivity contribution in [3.8, 4) is 5.75 Å². The van der Waals surface area contributed by atoms with Crippen molar-refractivity contribution in [3.05, 3.63) is 58.7 Å². The van der Waals surface area contributed by atoms with Crippen LogP contribution in [0.25, 0.3) is 16.8 Å². The molecule has 39 heavy (non-hydrogen) atoms. The maximum Gasteiger partial charge on any atom is 0.234 e. The van der Waals surface area contributed by atoms with Gasteiger partial charge in [0.1, 0.15) is 5.75 Å². The third-order valence-corrected chi connectivity index (χ3v) is 9.44. The van der Waals surface area contributed by atoms with E-state index in [1.807, 2.05) is 30.3 Å². The first-order chi connectivity index (χ1) is 19.0. The summed E-state index contributed by atoms with van der Waals surface area (Å²) in [7, 11) is 1.70. The molecule has 0 unspecified atom stereocenters. The summed E-state index contributed by atoms with van der Waals surface area (Å²) in [5.74, 6) is -0.233. The number of allylic oxidation sites excluding steroid dienone is 1. The van der Waals surface area contributed by atoms with E-state index in [-0.39, 0.29) is 41.7 Å². The lowest BCUT2D eigenvalue weighted by molar-refractivity contribution is -0.143. The van der Waals surface area contributed by atoms with Gasteiger partial charge >= 0.3 is 0 Å². The average Bonchev–Trinajstić information content (AvgIpc) is 3.48. The summed E-state index contributed by atoms with van der Waals surface area (Å²) in [5.41, 5.74) is 4.69. The lowest BCUT2D eigenvalue weighted by Crippen LogP contribution is -2.42. The maximum atomic E-state index is 13.7. The van der Waals surface area contributed by atoms with E-state index in [2.05, 4.69) is 13.0 Å². The Morgan fingerprint density at radius 3 is 2.59 bits per heavy atom. The SMILES string of the molecule is COCC1=C2[C@@H](CC/C(C)=C/c3ccc(O)c4ccccc34)OC[C@@H]2[C@@H]2C(=O)N(C3CCCCC3)C(=O)[C@@H]2C1. The van der Waals surface area contributed by atoms with Crippen LogP contribution >= 0.6 is 0 Å². The predicted molar refractivity (Wildman–Crippen MR) is 151 cm³/mol. The molecule has 6 rings (SSSR count). The number of methoxy groups -OCH3 is 1. The molecule has 4 aliphatic rings. The fourth-order valence-corrected chi connectivity index (χ4v) is 7.63. The molecule has 2 amide bonds. The molecule has 0 aromatic heterocycles. The van der Waals surface area contributed by atoms with Crippen LogP contribution in [0.4, 0.5) is 0 Å². The van der Waals surface area contributed by atoms with Crippen molar-refractivity contribution in [2.45, 2.75) is 70.4 Å². The van der Waals surface area contributed by atoms with Gasteiger partial charge in [-0.2, -0.15) is 0 Å². The molecule has 206 valence electrons. The number of imide groups is 1. The molecule has 1 N–H and O–H groups in total. The zero-order valence-electron chi connectivity index (χ0n) is 23.0. The first kappa shape index (κ1) is 26.3. The van der Waals surface area contributed by atoms with Gasteiger partial charge < -0.3 is 14.6 Å². The number of benzene rings is 2. The minimum atomic E-state index is -0.292. The molecule has 2 aliphatic heterocycles. The van der Waals surface area contributed by atoms with Crippen LogP contribution in [-0.2, 0) is 19.1 Å². The van der Waals surface area contributed by atoms with Crippen LogP contribution in [0.2, 0.25) is 0 Å². The van der Waals surface area contributed by atoms with Crippen molar-refractivity contribution in [2.75, 3.05) is 20.3 Å². The molecule has 6 heteroatoms. The van der Waals surface area contributed by atoms with E-state index in [0.29, 0.717) is 25.4 Å². The Balaban J connectivity index is 1.21. The number of likely N-dealkylation sites (tertiary alicyclic amines) is 1. The van der Waals surface area contributed by atoms with Gasteiger partial charge in [-0.1, -0.05) is 61.2 Å². The van der Waals surface area contributed by atoms with Crippen LogP contribution in [-0.4, -0.2) is 54.3 Å². The summed E-state index contributed by atoms with van der Waals surface area (Å²) in [6.45, 7) is 3.11. The van der Waals surface area contributed by atoms with Crippen molar-refractivity contribution >= 4 is 28.7 Å². The van der Waals surface area contributed by atoms with E-state index in [9.17, 15) is 14.7 Å². The van der Waals surface area contributed by atoms with E-state index in [4.69, 9.17) is 9.47 Å². The number of carbonyl (C=O) groups is 2. The van der Waals surface area contributed by atoms with Crippen molar-refractivity contribution in [3.63, 3.8) is 0 Å². The number of hydrogen-bond acceptors (Lipinski definition) is 5. The monoisotopic (exact) mass is 529 g/mol. The van der Waals surface area contributed by atoms with Crippen molar-refractivity contribution < 1.29 is 24.2 Å². The Morgan fingerprint density at radius 2 is 1.82 bits per heavy atom. The summed E-state index contributed by atoms with van der Waals surface area (Å²) in [4.78, 5) is 28.9. The Hall–Kier alpha value is -2.96. The van der Waals surface area contributed by atoms with Crippen LogP contribution in [0.3, 0.4) is 0 Å². The molecular formula is C33H39NO5. The minimum Gasteiger partial charge on any atom is -0.507 e. The largest absolute Gasteiger partial charge is 0.507 e. The van der Waals surface area contributed by atoms with E-state index >= 15 is 0 Å². The lowest BCUT2D eigenvalue weighted by Gasteiger charge is -2.31. The van der Waals surface area contributed by atoms with Crippen LogP contribution in [0.15, 0.2) is 53.1 Å². The Labute approximate surface area is 230 Å². The first-order valence-electron chi connectivity index (χ1n) is 14.5. The quantitative estimate of drug-likeness (QED) is 0.350. The highest BCUT2D eigenvalue weighted by molar-refractivity contribution is 6.06. The molecular weight excluding hydrogens is 490 g/mol. The van der Waals surface area contributed by atoms with E-state index in [0.717, 1.165) is 60.4 Å². The zero-order chi connectivity index (χ0) is 27.1. The van der Waals surface area contributed by atoms with Gasteiger partial charge in [0.15, 0.2) is 0 Å². The third-order valence-electron chi connectivity index (χ3n) is 9.44. The van der Waals surface area contributed by atoms with Gasteiger partial charge in [-0.05, 0) is 67.2 Å². The molecule has 6 nitrogen and oxygen atoms in total. The number of nitrogens with zero attached hydrogens (tertiary/aromatic N) is 1. The Kier molecular flexibility index (Phi) is 7.34. The summed E-state index contributed by atoms with van der Waals surface area (Å²) in [5, 5.41) is 12.1. The number of ether oxygens (including phenoxy) is 2. The van der Waals surface area contributed by atoms with Crippen molar-refractivity contribution in [1.29, 1.82) is 0 Å². The van der Waals surface area contributed by atoms with Gasteiger partial charge in [0.25, 0.3) is 0 Å². The van der Waals surface area contributed by atoms with Crippen LogP contribution in [0.5, 0.6) is 5.75 Å². The molecule has 0 spiro atoms. The van der Waals surface area contributed by atoms with Gasteiger partial charge in [0.2, 0.25) is 11.8 Å². The van der Waals surface area contributed by atoms with Gasteiger partial charge in [-0.3, -0.25) is 14.5 Å². The molecule has 2 saturated heterocycles. The number of rotatable bonds is 7. The van der Waals surface area contributed by atoms with Crippen LogP contribution in [0, 0.1) is 17.8 Å². The zero-order valence-corrected chi connectivity index (χ0v) is 23.0. The standard InChI is InChI=1S/C33H39NO5/c1-20(16-21-13-14-28(35)25-11-7-6-10-24(21)25)12-15-29-30-22(18-38-2)17-26-31(27(30)19-39-29)33(37)34(32(26)36)23-8-4-3-5-9-23/h6-7,10-11,13-14,16,23,26-27,29,31,35H,3-5,8-9,12,15,17-19H2,1-2H3/b20-16+/t26-,27+,29-,31-/m1/s1. The summed E-state index contributed by atoms with van der Waals surface area (Å²) in [6.07, 6.45) is 9.67. The van der Waals surface area contributed by atoms with E-state index in [1.54, 1.807) is 18.1 Å². The lowest BCUT2D eigenvalue weighted by atomic mass is 9.69. The number of hydrogen-bond donors (Lipinski definition) is 1. The first-order valence-corrected chi connectivity index (χ1v) is 14.5. The molecule has 2 aromatic carbocycles. The van der Waals surface area contributed by atoms with Crippen LogP contribution in [0.1, 0.15) is 63.9 Å². The molecule has 0 radical (unpaired) electrons. The summed E-state index contributed by atoms with van der Waals surface area (Å²) in [6, 6.07) is 11.7. The predicted octanol–water partition coefficient (Wildman–Crippen LogP) is 6.02. The Morgan fingerprint density at radius 1 is 1.05 bits per heavy atom. The molecule has 2 aliphatic carbocycles. The number of fused-ring (bicyclic) bond motifs is 4. The summed E-state index contributed by atoms with van der Waals surface area (Å²) < 4.78 is 12.0.